The molecule has 8 nitrogen and oxygen atoms in total. The van der Waals surface area contributed by atoms with Gasteiger partial charge in [0.15, 0.2) is 5.82 Å². The topological polar surface area (TPSA) is 84.1 Å². The molecule has 0 aliphatic carbocycles. The fourth-order valence-electron chi connectivity index (χ4n) is 3.86. The molecular formula is C23H25N7OS. The van der Waals surface area contributed by atoms with E-state index in [1.807, 2.05) is 29.6 Å². The third-order valence-electron chi connectivity index (χ3n) is 5.79. The van der Waals surface area contributed by atoms with E-state index in [1.165, 1.54) is 0 Å². The van der Waals surface area contributed by atoms with Crippen molar-refractivity contribution in [2.75, 3.05) is 31.1 Å². The van der Waals surface area contributed by atoms with Crippen LogP contribution < -0.4 is 4.90 Å². The van der Waals surface area contributed by atoms with Gasteiger partial charge in [-0.1, -0.05) is 18.1 Å². The molecule has 5 heterocycles. The van der Waals surface area contributed by atoms with Crippen LogP contribution in [-0.2, 0) is 6.42 Å². The first-order valence-corrected chi connectivity index (χ1v) is 11.7. The quantitative estimate of drug-likeness (QED) is 0.437. The predicted molar refractivity (Wildman–Crippen MR) is 124 cm³/mol. The molecule has 9 heteroatoms. The molecule has 1 unspecified atom stereocenters. The summed E-state index contributed by atoms with van der Waals surface area (Å²) in [5.74, 6) is 3.06. The van der Waals surface area contributed by atoms with Gasteiger partial charge in [0.2, 0.25) is 11.7 Å². The van der Waals surface area contributed by atoms with Crippen molar-refractivity contribution in [1.82, 2.24) is 30.0 Å². The average Bonchev–Trinajstić information content (AvgIpc) is 3.56. The van der Waals surface area contributed by atoms with Crippen LogP contribution in [0, 0.1) is 0 Å². The van der Waals surface area contributed by atoms with Crippen molar-refractivity contribution in [2.45, 2.75) is 26.3 Å². The second kappa shape index (κ2) is 9.13. The number of pyridine rings is 1. The molecule has 1 aliphatic rings. The first-order chi connectivity index (χ1) is 15.7. The van der Waals surface area contributed by atoms with Gasteiger partial charge in [-0.25, -0.2) is 9.97 Å². The minimum atomic E-state index is 0.0716. The van der Waals surface area contributed by atoms with E-state index < -0.39 is 0 Å². The predicted octanol–water partition coefficient (Wildman–Crippen LogP) is 4.10. The summed E-state index contributed by atoms with van der Waals surface area (Å²) in [7, 11) is 0. The minimum absolute atomic E-state index is 0.0716. The van der Waals surface area contributed by atoms with Crippen LogP contribution >= 0.6 is 11.3 Å². The lowest BCUT2D eigenvalue weighted by molar-refractivity contribution is 0.164. The van der Waals surface area contributed by atoms with Crippen LogP contribution in [0.5, 0.6) is 0 Å². The first kappa shape index (κ1) is 20.7. The van der Waals surface area contributed by atoms with Crippen molar-refractivity contribution >= 4 is 17.2 Å². The maximum Gasteiger partial charge on any atom is 0.244 e. The Morgan fingerprint density at radius 3 is 2.56 bits per heavy atom. The van der Waals surface area contributed by atoms with Crippen LogP contribution in [0.1, 0.15) is 31.5 Å². The summed E-state index contributed by atoms with van der Waals surface area (Å²) in [4.78, 5) is 24.1. The summed E-state index contributed by atoms with van der Waals surface area (Å²) in [6.07, 6.45) is 4.42. The Balaban J connectivity index is 1.28. The number of rotatable bonds is 6. The minimum Gasteiger partial charge on any atom is -0.354 e. The molecule has 32 heavy (non-hydrogen) atoms. The summed E-state index contributed by atoms with van der Waals surface area (Å²) in [6.45, 7) is 7.81. The Bertz CT molecular complexity index is 1150. The van der Waals surface area contributed by atoms with Gasteiger partial charge in [0.1, 0.15) is 5.82 Å². The monoisotopic (exact) mass is 447 g/mol. The Morgan fingerprint density at radius 1 is 1.03 bits per heavy atom. The summed E-state index contributed by atoms with van der Waals surface area (Å²) in [6, 6.07) is 10.1. The second-order valence-corrected chi connectivity index (χ2v) is 8.71. The standard InChI is InChI=1S/C23H25N7OS/c1-3-18-15-20(26-21(25-18)17-6-8-24-9-7-17)30-12-10-29(11-13-30)16(2)23-27-22(28-31-23)19-5-4-14-32-19/h4-9,14-16H,3,10-13H2,1-2H3. The lowest BCUT2D eigenvalue weighted by Crippen LogP contribution is -2.47. The van der Waals surface area contributed by atoms with Crippen molar-refractivity contribution < 1.29 is 4.52 Å². The molecule has 0 amide bonds. The SMILES string of the molecule is CCc1cc(N2CCN(C(C)c3nc(-c4cccs4)no3)CC2)nc(-c2ccncc2)n1. The van der Waals surface area contributed by atoms with E-state index in [0.717, 1.165) is 60.4 Å². The van der Waals surface area contributed by atoms with E-state index in [9.17, 15) is 0 Å². The lowest BCUT2D eigenvalue weighted by Gasteiger charge is -2.37. The van der Waals surface area contributed by atoms with Crippen molar-refractivity contribution in [3.05, 3.63) is 59.7 Å². The van der Waals surface area contributed by atoms with Crippen LogP contribution in [-0.4, -0.2) is 56.2 Å². The molecule has 4 aromatic heterocycles. The number of hydrogen-bond acceptors (Lipinski definition) is 9. The van der Waals surface area contributed by atoms with E-state index in [2.05, 4.69) is 44.8 Å². The van der Waals surface area contributed by atoms with Gasteiger partial charge >= 0.3 is 0 Å². The van der Waals surface area contributed by atoms with Gasteiger partial charge in [-0.15, -0.1) is 11.3 Å². The molecule has 0 radical (unpaired) electrons. The molecule has 1 atom stereocenters. The number of nitrogens with zero attached hydrogens (tertiary/aromatic N) is 7. The van der Waals surface area contributed by atoms with Crippen molar-refractivity contribution in [2.24, 2.45) is 0 Å². The number of thiophene rings is 1. The molecule has 164 valence electrons. The third kappa shape index (κ3) is 4.26. The molecule has 0 saturated carbocycles. The maximum absolute atomic E-state index is 5.57. The van der Waals surface area contributed by atoms with Crippen LogP contribution in [0.2, 0.25) is 0 Å². The fourth-order valence-corrected chi connectivity index (χ4v) is 4.51. The van der Waals surface area contributed by atoms with Gasteiger partial charge in [0.25, 0.3) is 0 Å². The number of aromatic nitrogens is 5. The van der Waals surface area contributed by atoms with Crippen LogP contribution in [0.4, 0.5) is 5.82 Å². The summed E-state index contributed by atoms with van der Waals surface area (Å²) in [5.41, 5.74) is 2.03. The molecular weight excluding hydrogens is 422 g/mol. The van der Waals surface area contributed by atoms with E-state index in [0.29, 0.717) is 11.7 Å². The van der Waals surface area contributed by atoms with Gasteiger partial charge in [-0.05, 0) is 36.9 Å². The molecule has 1 aliphatic heterocycles. The summed E-state index contributed by atoms with van der Waals surface area (Å²) < 4.78 is 5.57. The van der Waals surface area contributed by atoms with E-state index in [4.69, 9.17) is 14.5 Å². The Labute approximate surface area is 191 Å². The highest BCUT2D eigenvalue weighted by Crippen LogP contribution is 2.27. The third-order valence-corrected chi connectivity index (χ3v) is 6.66. The number of aryl methyl sites for hydroxylation is 1. The van der Waals surface area contributed by atoms with E-state index in [-0.39, 0.29) is 6.04 Å². The highest BCUT2D eigenvalue weighted by molar-refractivity contribution is 7.13. The number of piperazine rings is 1. The largest absolute Gasteiger partial charge is 0.354 e. The number of hydrogen-bond donors (Lipinski definition) is 0. The van der Waals surface area contributed by atoms with Crippen LogP contribution in [0.25, 0.3) is 22.1 Å². The normalized spacial score (nSPS) is 15.8. The maximum atomic E-state index is 5.57. The Kier molecular flexibility index (Phi) is 5.91. The van der Waals surface area contributed by atoms with E-state index in [1.54, 1.807) is 23.7 Å². The van der Waals surface area contributed by atoms with Gasteiger partial charge < -0.3 is 9.42 Å². The smallest absolute Gasteiger partial charge is 0.244 e. The first-order valence-electron chi connectivity index (χ1n) is 10.9. The van der Waals surface area contributed by atoms with Crippen molar-refractivity contribution in [3.8, 4) is 22.1 Å². The van der Waals surface area contributed by atoms with Crippen LogP contribution in [0.3, 0.4) is 0 Å². The van der Waals surface area contributed by atoms with Gasteiger partial charge in [0, 0.05) is 55.9 Å². The van der Waals surface area contributed by atoms with Gasteiger partial charge in [0.05, 0.1) is 10.9 Å². The highest BCUT2D eigenvalue weighted by atomic mass is 32.1. The Hall–Kier alpha value is -3.17. The van der Waals surface area contributed by atoms with Crippen molar-refractivity contribution in [1.29, 1.82) is 0 Å². The molecule has 0 spiro atoms. The molecule has 1 fully saturated rings. The zero-order valence-corrected chi connectivity index (χ0v) is 19.0. The molecule has 0 N–H and O–H groups in total. The molecule has 0 aromatic carbocycles. The summed E-state index contributed by atoms with van der Waals surface area (Å²) in [5, 5.41) is 6.18. The molecule has 5 rings (SSSR count). The van der Waals surface area contributed by atoms with Gasteiger partial charge in [-0.3, -0.25) is 9.88 Å². The average molecular weight is 448 g/mol. The highest BCUT2D eigenvalue weighted by Gasteiger charge is 2.27. The molecule has 0 bridgehead atoms. The summed E-state index contributed by atoms with van der Waals surface area (Å²) >= 11 is 1.62. The number of anilines is 1. The molecule has 4 aromatic rings. The van der Waals surface area contributed by atoms with Crippen LogP contribution in [0.15, 0.2) is 52.6 Å². The zero-order chi connectivity index (χ0) is 21.9. The molecule has 1 saturated heterocycles. The van der Waals surface area contributed by atoms with E-state index >= 15 is 0 Å². The zero-order valence-electron chi connectivity index (χ0n) is 18.2. The lowest BCUT2D eigenvalue weighted by atomic mass is 10.2. The Morgan fingerprint density at radius 2 is 1.84 bits per heavy atom. The van der Waals surface area contributed by atoms with Gasteiger partial charge in [-0.2, -0.15) is 4.98 Å². The second-order valence-electron chi connectivity index (χ2n) is 7.76. The van der Waals surface area contributed by atoms with Crippen molar-refractivity contribution in [3.63, 3.8) is 0 Å². The fraction of sp³-hybridized carbons (Fsp3) is 0.348.